The van der Waals surface area contributed by atoms with Crippen LogP contribution < -0.4 is 16.5 Å². The Kier molecular flexibility index (Phi) is 8.44. The second-order valence-corrected chi connectivity index (χ2v) is 9.45. The normalized spacial score (nSPS) is 19.3. The van der Waals surface area contributed by atoms with Gasteiger partial charge in [0.05, 0.1) is 19.7 Å². The van der Waals surface area contributed by atoms with Gasteiger partial charge in [0.1, 0.15) is 35.4 Å². The zero-order valence-corrected chi connectivity index (χ0v) is 21.2. The van der Waals surface area contributed by atoms with Crippen LogP contribution in [0.5, 0.6) is 0 Å². The van der Waals surface area contributed by atoms with Crippen molar-refractivity contribution in [2.45, 2.75) is 24.5 Å². The Morgan fingerprint density at radius 3 is 2.81 bits per heavy atom. The first kappa shape index (κ1) is 27.3. The summed E-state index contributed by atoms with van der Waals surface area (Å²) < 4.78 is 3.13. The Balaban J connectivity index is 0.00000361. The Bertz CT molecular complexity index is 1300. The molecule has 36 heavy (non-hydrogen) atoms. The van der Waals surface area contributed by atoms with Crippen LogP contribution in [-0.4, -0.2) is 83.8 Å². The quantitative estimate of drug-likeness (QED) is 0.145. The number of anilines is 1. The lowest BCUT2D eigenvalue weighted by atomic mass is 10.0. The van der Waals surface area contributed by atoms with E-state index < -0.39 is 29.2 Å². The number of nitrogen functional groups attached to an aromatic ring is 1. The second kappa shape index (κ2) is 11.2. The highest BCUT2D eigenvalue weighted by molar-refractivity contribution is 8.00. The average Bonchev–Trinajstić information content (AvgIpc) is 3.41. The number of nitrogens with zero attached hydrogens (tertiary/aromatic N) is 5. The monoisotopic (exact) mass is 558 g/mol. The van der Waals surface area contributed by atoms with Crippen molar-refractivity contribution >= 4 is 64.1 Å². The van der Waals surface area contributed by atoms with Gasteiger partial charge in [-0.25, -0.2) is 9.78 Å². The van der Waals surface area contributed by atoms with Crippen molar-refractivity contribution < 1.29 is 29.4 Å². The third-order valence-electron chi connectivity index (χ3n) is 5.36. The van der Waals surface area contributed by atoms with Gasteiger partial charge in [0.2, 0.25) is 0 Å². The number of halogens is 1. The fourth-order valence-corrected chi connectivity index (χ4v) is 5.73. The smallest absolute Gasteiger partial charge is 0.352 e. The maximum Gasteiger partial charge on any atom is 0.352 e. The molecular formula is C19H23ClN8O6S2. The third-order valence-corrected chi connectivity index (χ3v) is 7.37. The van der Waals surface area contributed by atoms with Crippen molar-refractivity contribution in [2.75, 3.05) is 25.2 Å². The van der Waals surface area contributed by atoms with Crippen LogP contribution in [0.3, 0.4) is 0 Å². The lowest BCUT2D eigenvalue weighted by Crippen LogP contribution is -2.71. The molecule has 6 N–H and O–H groups in total. The van der Waals surface area contributed by atoms with Crippen molar-refractivity contribution in [3.8, 4) is 0 Å². The lowest BCUT2D eigenvalue weighted by molar-refractivity contribution is -0.150. The summed E-state index contributed by atoms with van der Waals surface area (Å²) in [6.07, 6.45) is 1.62. The van der Waals surface area contributed by atoms with Crippen LogP contribution in [0.25, 0.3) is 0 Å². The molecule has 4 rings (SSSR count). The minimum atomic E-state index is -1.27. The molecule has 0 spiro atoms. The number of thioether (sulfide) groups is 1. The summed E-state index contributed by atoms with van der Waals surface area (Å²) in [7, 11) is 1.26. The molecule has 0 radical (unpaired) electrons. The van der Waals surface area contributed by atoms with E-state index in [-0.39, 0.29) is 65.6 Å². The number of fused-ring (bicyclic) bond motifs is 1. The van der Waals surface area contributed by atoms with Gasteiger partial charge < -0.3 is 26.1 Å². The highest BCUT2D eigenvalue weighted by Gasteiger charge is 2.54. The molecule has 2 unspecified atom stereocenters. The van der Waals surface area contributed by atoms with E-state index in [1.54, 1.807) is 10.9 Å². The number of aliphatic hydroxyl groups is 1. The number of hydrogen-bond acceptors (Lipinski definition) is 11. The van der Waals surface area contributed by atoms with E-state index in [4.69, 9.17) is 16.0 Å². The van der Waals surface area contributed by atoms with Crippen molar-refractivity contribution in [1.82, 2.24) is 24.6 Å². The number of carboxylic acid groups (broad SMARTS) is 1. The number of carboxylic acids is 1. The first-order chi connectivity index (χ1) is 16.8. The molecule has 2 aliphatic rings. The van der Waals surface area contributed by atoms with Gasteiger partial charge in [-0.05, 0) is 11.6 Å². The number of β-lactam (4-membered cyclic amide) rings is 1. The zero-order chi connectivity index (χ0) is 25.3. The van der Waals surface area contributed by atoms with Crippen LogP contribution in [0.1, 0.15) is 5.69 Å². The van der Waals surface area contributed by atoms with Gasteiger partial charge in [-0.15, -0.1) is 35.5 Å². The number of carbonyl (C=O) groups excluding carboxylic acids is 2. The Labute approximate surface area is 218 Å². The average molecular weight is 559 g/mol. The predicted molar refractivity (Wildman–Crippen MR) is 132 cm³/mol. The van der Waals surface area contributed by atoms with Crippen LogP contribution >= 0.6 is 35.5 Å². The maximum atomic E-state index is 13.0. The zero-order valence-electron chi connectivity index (χ0n) is 18.8. The summed E-state index contributed by atoms with van der Waals surface area (Å²) in [5.74, 6) is -2.26. The Hall–Kier alpha value is -3.34. The Morgan fingerprint density at radius 1 is 1.44 bits per heavy atom. The molecule has 1 fully saturated rings. The molecule has 2 aliphatic heterocycles. The van der Waals surface area contributed by atoms with Gasteiger partial charge in [0.25, 0.3) is 11.8 Å². The van der Waals surface area contributed by atoms with E-state index in [1.807, 2.05) is 0 Å². The van der Waals surface area contributed by atoms with Crippen LogP contribution in [0, 0.1) is 5.41 Å². The summed E-state index contributed by atoms with van der Waals surface area (Å²) in [6, 6.07) is 0.567. The van der Waals surface area contributed by atoms with E-state index in [2.05, 4.69) is 15.5 Å². The molecule has 2 aromatic heterocycles. The highest BCUT2D eigenvalue weighted by atomic mass is 35.5. The number of nitrogens with two attached hydrogens (primary N) is 1. The number of carbonyl (C=O) groups is 3. The van der Waals surface area contributed by atoms with Gasteiger partial charge >= 0.3 is 5.97 Å². The molecule has 194 valence electrons. The molecule has 2 aromatic rings. The van der Waals surface area contributed by atoms with Crippen molar-refractivity contribution in [3.63, 3.8) is 0 Å². The summed E-state index contributed by atoms with van der Waals surface area (Å²) in [4.78, 5) is 47.8. The van der Waals surface area contributed by atoms with Crippen molar-refractivity contribution in [3.05, 3.63) is 40.1 Å². The molecule has 0 aliphatic carbocycles. The summed E-state index contributed by atoms with van der Waals surface area (Å²) in [6.45, 7) is 0.108. The minimum Gasteiger partial charge on any atom is -0.477 e. The van der Waals surface area contributed by atoms with Crippen LogP contribution in [-0.2, 0) is 32.3 Å². The molecule has 0 bridgehead atoms. The molecule has 4 heterocycles. The molecule has 1 saturated heterocycles. The van der Waals surface area contributed by atoms with Crippen LogP contribution in [0.2, 0.25) is 0 Å². The van der Waals surface area contributed by atoms with E-state index in [9.17, 15) is 24.6 Å². The number of aliphatic carboxylic acids is 1. The van der Waals surface area contributed by atoms with Gasteiger partial charge in [-0.2, -0.15) is 0 Å². The number of amides is 2. The fourth-order valence-electron chi connectivity index (χ4n) is 3.85. The van der Waals surface area contributed by atoms with Gasteiger partial charge in [-0.3, -0.25) is 29.3 Å². The second-order valence-electron chi connectivity index (χ2n) is 7.46. The molecular weight excluding hydrogens is 536 g/mol. The third kappa shape index (κ3) is 4.97. The molecule has 2 atom stereocenters. The number of aliphatic hydroxyl groups excluding tert-OH is 1. The van der Waals surface area contributed by atoms with Crippen molar-refractivity contribution in [2.24, 2.45) is 5.16 Å². The summed E-state index contributed by atoms with van der Waals surface area (Å²) >= 11 is 2.43. The van der Waals surface area contributed by atoms with E-state index in [0.717, 1.165) is 16.2 Å². The van der Waals surface area contributed by atoms with E-state index in [0.29, 0.717) is 5.57 Å². The topological polar surface area (TPSA) is 201 Å². The van der Waals surface area contributed by atoms with Gasteiger partial charge in [0, 0.05) is 17.3 Å². The number of aromatic nitrogens is 3. The van der Waals surface area contributed by atoms with Crippen LogP contribution in [0.15, 0.2) is 34.1 Å². The summed E-state index contributed by atoms with van der Waals surface area (Å²) in [5.41, 5.74) is 6.14. The number of thiazole rings is 1. The number of rotatable bonds is 9. The van der Waals surface area contributed by atoms with E-state index in [1.165, 1.54) is 35.0 Å². The van der Waals surface area contributed by atoms with Gasteiger partial charge in [-0.1, -0.05) is 5.16 Å². The lowest BCUT2D eigenvalue weighted by Gasteiger charge is -2.49. The molecule has 0 saturated carbocycles. The SMILES string of the molecule is CON=C(C(=O)NC1C(=O)N2C(C(=O)O)=C(Cn3ccc(=N)n3CCO)CSC12)c1csc(N)n1.Cl. The number of hydrogen-bond donors (Lipinski definition) is 5. The van der Waals surface area contributed by atoms with Gasteiger partial charge in [0.15, 0.2) is 10.8 Å². The first-order valence-electron chi connectivity index (χ1n) is 10.2. The Morgan fingerprint density at radius 2 is 2.19 bits per heavy atom. The maximum absolute atomic E-state index is 13.0. The van der Waals surface area contributed by atoms with Crippen molar-refractivity contribution in [1.29, 1.82) is 5.41 Å². The molecule has 17 heteroatoms. The largest absolute Gasteiger partial charge is 0.477 e. The molecule has 14 nitrogen and oxygen atoms in total. The standard InChI is InChI=1S/C19H22N8O6S2.ClH/c1-33-24-12(10-8-35-19(21)22-10)15(29)23-13-16(30)27-14(18(31)32)9(7-34-17(13)27)6-25-3-2-11(20)26(25)4-5-28;/h2-3,8,13,17,20,28H,4-7H2,1H3,(H2,21,22)(H,23,29)(H,31,32);1H. The van der Waals surface area contributed by atoms with E-state index >= 15 is 0 Å². The fraction of sp³-hybridized carbons (Fsp3) is 0.368. The predicted octanol–water partition coefficient (Wildman–Crippen LogP) is -0.989. The van der Waals surface area contributed by atoms with Crippen LogP contribution in [0.4, 0.5) is 5.13 Å². The minimum absolute atomic E-state index is 0. The first-order valence-corrected chi connectivity index (χ1v) is 12.1. The molecule has 2 amide bonds. The molecule has 0 aromatic carbocycles. The number of nitrogens with one attached hydrogen (secondary N) is 2. The number of oxime groups is 1. The highest BCUT2D eigenvalue weighted by Crippen LogP contribution is 2.40. The summed E-state index contributed by atoms with van der Waals surface area (Å²) in [5, 5.41) is 34.5.